The number of carbonyl (C=O) groups excluding carboxylic acids is 2. The zero-order chi connectivity index (χ0) is 17.6. The van der Waals surface area contributed by atoms with E-state index in [1.807, 2.05) is 13.0 Å². The van der Waals surface area contributed by atoms with Gasteiger partial charge in [-0.3, -0.25) is 20.4 Å². The number of aromatic nitrogens is 1. The van der Waals surface area contributed by atoms with Crippen LogP contribution >= 0.6 is 23.1 Å². The molecule has 0 saturated carbocycles. The van der Waals surface area contributed by atoms with Gasteiger partial charge >= 0.3 is 0 Å². The number of hydrazine groups is 1. The molecule has 0 fully saturated rings. The topological polar surface area (TPSA) is 71.1 Å². The van der Waals surface area contributed by atoms with Crippen LogP contribution in [0.15, 0.2) is 29.4 Å². The summed E-state index contributed by atoms with van der Waals surface area (Å²) in [4.78, 5) is 30.7. The largest absolute Gasteiger partial charge is 0.279 e. The van der Waals surface area contributed by atoms with Gasteiger partial charge < -0.3 is 0 Å². The van der Waals surface area contributed by atoms with E-state index in [0.29, 0.717) is 10.4 Å². The zero-order valence-electron chi connectivity index (χ0n) is 14.1. The number of aryl methyl sites for hydroxylation is 2. The summed E-state index contributed by atoms with van der Waals surface area (Å²) in [6.07, 6.45) is 7.32. The van der Waals surface area contributed by atoms with Gasteiger partial charge in [0.05, 0.1) is 9.90 Å². The van der Waals surface area contributed by atoms with Crippen molar-refractivity contribution in [1.82, 2.24) is 15.8 Å². The van der Waals surface area contributed by atoms with Crippen LogP contribution in [-0.2, 0) is 12.8 Å². The van der Waals surface area contributed by atoms with Crippen molar-refractivity contribution in [3.8, 4) is 0 Å². The van der Waals surface area contributed by atoms with Crippen molar-refractivity contribution >= 4 is 34.9 Å². The molecule has 7 heteroatoms. The Morgan fingerprint density at radius 1 is 1.16 bits per heavy atom. The molecule has 0 saturated heterocycles. The number of rotatable bonds is 4. The summed E-state index contributed by atoms with van der Waals surface area (Å²) in [5, 5.41) is 0.795. The molecule has 0 aliphatic heterocycles. The molecule has 0 bridgehead atoms. The Hall–Kier alpha value is -1.86. The third-order valence-corrected chi connectivity index (χ3v) is 6.09. The second kappa shape index (κ2) is 8.49. The highest BCUT2D eigenvalue weighted by Gasteiger charge is 2.17. The minimum Gasteiger partial charge on any atom is -0.267 e. The smallest absolute Gasteiger partial charge is 0.267 e. The van der Waals surface area contributed by atoms with E-state index in [4.69, 9.17) is 0 Å². The Balaban J connectivity index is 1.60. The van der Waals surface area contributed by atoms with Crippen molar-refractivity contribution in [2.24, 2.45) is 0 Å². The van der Waals surface area contributed by atoms with Crippen LogP contribution in [0.25, 0.3) is 0 Å². The number of hydrogen-bond donors (Lipinski definition) is 2. The third kappa shape index (κ3) is 4.61. The number of thioether (sulfide) groups is 1. The highest BCUT2D eigenvalue weighted by Crippen LogP contribution is 2.28. The lowest BCUT2D eigenvalue weighted by atomic mass is 10.1. The standard InChI is InChI=1S/C18H21N3O2S2/c1-2-24-16-11-13(8-9-19-16)17(22)20-21-18(23)15-10-12-6-4-3-5-7-14(12)25-15/h8-11H,2-7H2,1H3,(H,20,22)(H,21,23). The summed E-state index contributed by atoms with van der Waals surface area (Å²) in [7, 11) is 0. The zero-order valence-corrected chi connectivity index (χ0v) is 15.8. The van der Waals surface area contributed by atoms with Crippen molar-refractivity contribution < 1.29 is 9.59 Å². The second-order valence-electron chi connectivity index (χ2n) is 5.84. The fraction of sp³-hybridized carbons (Fsp3) is 0.389. The van der Waals surface area contributed by atoms with Gasteiger partial charge in [-0.15, -0.1) is 23.1 Å². The van der Waals surface area contributed by atoms with E-state index < -0.39 is 0 Å². The molecule has 0 atom stereocenters. The number of thiophene rings is 1. The van der Waals surface area contributed by atoms with E-state index in [1.165, 1.54) is 41.0 Å². The summed E-state index contributed by atoms with van der Waals surface area (Å²) in [5.41, 5.74) is 6.77. The predicted molar refractivity (Wildman–Crippen MR) is 101 cm³/mol. The molecule has 2 aromatic heterocycles. The second-order valence-corrected chi connectivity index (χ2v) is 8.26. The molecule has 1 aliphatic rings. The first-order valence-electron chi connectivity index (χ1n) is 8.48. The molecule has 2 aromatic rings. The maximum Gasteiger partial charge on any atom is 0.279 e. The minimum atomic E-state index is -0.341. The van der Waals surface area contributed by atoms with Crippen molar-refractivity contribution in [1.29, 1.82) is 0 Å². The predicted octanol–water partition coefficient (Wildman–Crippen LogP) is 3.60. The molecular formula is C18H21N3O2S2. The minimum absolute atomic E-state index is 0.261. The van der Waals surface area contributed by atoms with Crippen LogP contribution in [0, 0.1) is 0 Å². The molecule has 5 nitrogen and oxygen atoms in total. The Morgan fingerprint density at radius 2 is 1.96 bits per heavy atom. The quantitative estimate of drug-likeness (QED) is 0.487. The molecule has 2 amide bonds. The summed E-state index contributed by atoms with van der Waals surface area (Å²) < 4.78 is 0. The first-order chi connectivity index (χ1) is 12.2. The summed E-state index contributed by atoms with van der Waals surface area (Å²) in [6, 6.07) is 5.33. The van der Waals surface area contributed by atoms with Crippen LogP contribution in [0.4, 0.5) is 0 Å². The van der Waals surface area contributed by atoms with E-state index in [1.54, 1.807) is 30.1 Å². The normalized spacial score (nSPS) is 13.6. The Bertz CT molecular complexity index is 750. The van der Waals surface area contributed by atoms with Gasteiger partial charge in [-0.2, -0.15) is 0 Å². The van der Waals surface area contributed by atoms with Gasteiger partial charge in [-0.25, -0.2) is 4.98 Å². The van der Waals surface area contributed by atoms with Gasteiger partial charge in [0.25, 0.3) is 11.8 Å². The van der Waals surface area contributed by atoms with E-state index in [-0.39, 0.29) is 11.8 Å². The van der Waals surface area contributed by atoms with Gasteiger partial charge in [0.15, 0.2) is 0 Å². The van der Waals surface area contributed by atoms with Gasteiger partial charge in [-0.05, 0) is 55.2 Å². The highest BCUT2D eigenvalue weighted by molar-refractivity contribution is 7.99. The molecule has 25 heavy (non-hydrogen) atoms. The van der Waals surface area contributed by atoms with Gasteiger partial charge in [-0.1, -0.05) is 13.3 Å². The fourth-order valence-electron chi connectivity index (χ4n) is 2.80. The van der Waals surface area contributed by atoms with Crippen LogP contribution < -0.4 is 10.9 Å². The van der Waals surface area contributed by atoms with Crippen molar-refractivity contribution in [2.75, 3.05) is 5.75 Å². The first-order valence-corrected chi connectivity index (χ1v) is 10.3. The summed E-state index contributed by atoms with van der Waals surface area (Å²) in [6.45, 7) is 2.03. The van der Waals surface area contributed by atoms with Crippen molar-refractivity contribution in [3.63, 3.8) is 0 Å². The monoisotopic (exact) mass is 375 g/mol. The van der Waals surface area contributed by atoms with Crippen LogP contribution in [0.1, 0.15) is 56.7 Å². The maximum absolute atomic E-state index is 12.3. The average Bonchev–Trinajstić information content (AvgIpc) is 2.91. The number of nitrogens with zero attached hydrogens (tertiary/aromatic N) is 1. The molecule has 2 N–H and O–H groups in total. The van der Waals surface area contributed by atoms with E-state index >= 15 is 0 Å². The van der Waals surface area contributed by atoms with Gasteiger partial charge in [0.2, 0.25) is 0 Å². The molecule has 0 radical (unpaired) electrons. The third-order valence-electron chi connectivity index (χ3n) is 4.05. The lowest BCUT2D eigenvalue weighted by Gasteiger charge is -2.07. The molecule has 3 rings (SSSR count). The SMILES string of the molecule is CCSc1cc(C(=O)NNC(=O)c2cc3c(s2)CCCCC3)ccn1. The maximum atomic E-state index is 12.3. The van der Waals surface area contributed by atoms with Gasteiger partial charge in [0, 0.05) is 16.6 Å². The molecule has 0 unspecified atom stereocenters. The molecule has 0 spiro atoms. The number of amides is 2. The van der Waals surface area contributed by atoms with Crippen LogP contribution in [0.3, 0.4) is 0 Å². The van der Waals surface area contributed by atoms with Crippen LogP contribution in [0.5, 0.6) is 0 Å². The summed E-state index contributed by atoms with van der Waals surface area (Å²) in [5.74, 6) is 0.285. The van der Waals surface area contributed by atoms with Crippen molar-refractivity contribution in [3.05, 3.63) is 45.3 Å². The number of carbonyl (C=O) groups is 2. The van der Waals surface area contributed by atoms with Crippen molar-refractivity contribution in [2.45, 2.75) is 44.1 Å². The average molecular weight is 376 g/mol. The lowest BCUT2D eigenvalue weighted by molar-refractivity contribution is 0.0848. The fourth-order valence-corrected chi connectivity index (χ4v) is 4.59. The Kier molecular flexibility index (Phi) is 6.09. The summed E-state index contributed by atoms with van der Waals surface area (Å²) >= 11 is 3.10. The molecule has 1 aliphatic carbocycles. The molecule has 132 valence electrons. The van der Waals surface area contributed by atoms with Crippen LogP contribution in [-0.4, -0.2) is 22.6 Å². The Labute approximate surface area is 155 Å². The van der Waals surface area contributed by atoms with E-state index in [0.717, 1.165) is 23.6 Å². The molecule has 2 heterocycles. The molecule has 0 aromatic carbocycles. The highest BCUT2D eigenvalue weighted by atomic mass is 32.2. The molecular weight excluding hydrogens is 354 g/mol. The number of pyridine rings is 1. The number of nitrogens with one attached hydrogen (secondary N) is 2. The van der Waals surface area contributed by atoms with Crippen LogP contribution in [0.2, 0.25) is 0 Å². The lowest BCUT2D eigenvalue weighted by Crippen LogP contribution is -2.41. The number of fused-ring (bicyclic) bond motifs is 1. The van der Waals surface area contributed by atoms with Gasteiger partial charge in [0.1, 0.15) is 0 Å². The van der Waals surface area contributed by atoms with E-state index in [9.17, 15) is 9.59 Å². The number of hydrogen-bond acceptors (Lipinski definition) is 5. The first kappa shape index (κ1) is 17.9. The van der Waals surface area contributed by atoms with E-state index in [2.05, 4.69) is 15.8 Å². The Morgan fingerprint density at radius 3 is 2.80 bits per heavy atom.